The van der Waals surface area contributed by atoms with Gasteiger partial charge in [-0.3, -0.25) is 9.69 Å². The Morgan fingerprint density at radius 1 is 1.48 bits per heavy atom. The van der Waals surface area contributed by atoms with Gasteiger partial charge in [-0.2, -0.15) is 5.26 Å². The molecule has 23 heavy (non-hydrogen) atoms. The summed E-state index contributed by atoms with van der Waals surface area (Å²) in [5.41, 5.74) is 1.10. The fourth-order valence-corrected chi connectivity index (χ4v) is 2.80. The van der Waals surface area contributed by atoms with Gasteiger partial charge >= 0.3 is 5.97 Å². The van der Waals surface area contributed by atoms with Crippen molar-refractivity contribution in [1.82, 2.24) is 4.90 Å². The molecule has 0 radical (unpaired) electrons. The zero-order chi connectivity index (χ0) is 16.7. The van der Waals surface area contributed by atoms with E-state index in [1.165, 1.54) is 25.3 Å². The Bertz CT molecular complexity index is 580. The summed E-state index contributed by atoms with van der Waals surface area (Å²) in [4.78, 5) is 13.6. The van der Waals surface area contributed by atoms with E-state index >= 15 is 0 Å². The number of halogens is 1. The van der Waals surface area contributed by atoms with Crippen LogP contribution in [-0.4, -0.2) is 43.8 Å². The molecule has 1 aliphatic rings. The Labute approximate surface area is 135 Å². The fraction of sp³-hybridized carbons (Fsp3) is 0.529. The second-order valence-corrected chi connectivity index (χ2v) is 5.55. The number of hydrogen-bond acceptors (Lipinski definition) is 5. The van der Waals surface area contributed by atoms with Crippen LogP contribution in [0.2, 0.25) is 0 Å². The van der Waals surface area contributed by atoms with E-state index in [-0.39, 0.29) is 24.2 Å². The Balaban J connectivity index is 2.14. The summed E-state index contributed by atoms with van der Waals surface area (Å²) >= 11 is 0. The molecular weight excluding hydrogens is 299 g/mol. The summed E-state index contributed by atoms with van der Waals surface area (Å²) < 4.78 is 23.6. The third-order valence-electron chi connectivity index (χ3n) is 4.10. The lowest BCUT2D eigenvalue weighted by atomic mass is 10.0. The van der Waals surface area contributed by atoms with E-state index in [9.17, 15) is 14.4 Å². The molecule has 5 nitrogen and oxygen atoms in total. The average Bonchev–Trinajstić information content (AvgIpc) is 2.59. The number of rotatable bonds is 6. The largest absolute Gasteiger partial charge is 0.469 e. The first kappa shape index (κ1) is 17.4. The van der Waals surface area contributed by atoms with E-state index in [4.69, 9.17) is 9.47 Å². The van der Waals surface area contributed by atoms with Gasteiger partial charge in [0.25, 0.3) is 0 Å². The smallest absolute Gasteiger partial charge is 0.306 e. The van der Waals surface area contributed by atoms with Crippen molar-refractivity contribution in [2.45, 2.75) is 31.8 Å². The molecule has 1 saturated heterocycles. The van der Waals surface area contributed by atoms with Crippen molar-refractivity contribution in [3.05, 3.63) is 35.1 Å². The van der Waals surface area contributed by atoms with Crippen molar-refractivity contribution in [3.63, 3.8) is 0 Å². The third-order valence-corrected chi connectivity index (χ3v) is 4.10. The molecule has 0 saturated carbocycles. The van der Waals surface area contributed by atoms with Crippen molar-refractivity contribution in [2.24, 2.45) is 0 Å². The molecule has 0 aromatic heterocycles. The number of ether oxygens (including phenoxy) is 2. The van der Waals surface area contributed by atoms with E-state index in [1.54, 1.807) is 0 Å². The first-order chi connectivity index (χ1) is 11.1. The molecule has 1 aromatic rings. The molecule has 1 aromatic carbocycles. The van der Waals surface area contributed by atoms with Gasteiger partial charge in [-0.05, 0) is 36.6 Å². The predicted octanol–water partition coefficient (Wildman–Crippen LogP) is 2.24. The van der Waals surface area contributed by atoms with Gasteiger partial charge in [0, 0.05) is 32.3 Å². The number of carbonyl (C=O) groups excluding carboxylic acids is 1. The first-order valence-corrected chi connectivity index (χ1v) is 7.71. The highest BCUT2D eigenvalue weighted by Gasteiger charge is 2.23. The van der Waals surface area contributed by atoms with Crippen LogP contribution in [0.3, 0.4) is 0 Å². The second-order valence-electron chi connectivity index (χ2n) is 5.55. The number of hydrogen-bond donors (Lipinski definition) is 0. The van der Waals surface area contributed by atoms with Crippen LogP contribution < -0.4 is 0 Å². The normalized spacial score (nSPS) is 15.4. The van der Waals surface area contributed by atoms with Crippen LogP contribution in [-0.2, 0) is 20.8 Å². The maximum absolute atomic E-state index is 13.5. The third kappa shape index (κ3) is 5.02. The predicted molar refractivity (Wildman–Crippen MR) is 82.0 cm³/mol. The van der Waals surface area contributed by atoms with E-state index < -0.39 is 0 Å². The molecule has 1 heterocycles. The lowest BCUT2D eigenvalue weighted by Gasteiger charge is -2.34. The molecule has 1 aliphatic heterocycles. The average molecular weight is 320 g/mol. The number of nitrogens with zero attached hydrogens (tertiary/aromatic N) is 2. The van der Waals surface area contributed by atoms with Crippen LogP contribution >= 0.6 is 0 Å². The summed E-state index contributed by atoms with van der Waals surface area (Å²) in [7, 11) is 1.36. The standard InChI is InChI=1S/C17H21FN2O3/c1-22-17(21)4-7-20(16-5-8-23-9-6-16)12-14-10-15(18)3-2-13(14)11-19/h2-3,10,16H,4-9,12H2,1H3. The van der Waals surface area contributed by atoms with Crippen molar-refractivity contribution in [2.75, 3.05) is 26.9 Å². The molecule has 2 rings (SSSR count). The van der Waals surface area contributed by atoms with Gasteiger partial charge in [-0.1, -0.05) is 0 Å². The number of nitriles is 1. The van der Waals surface area contributed by atoms with E-state index in [2.05, 4.69) is 11.0 Å². The summed E-state index contributed by atoms with van der Waals surface area (Å²) in [6.07, 6.45) is 1.99. The minimum Gasteiger partial charge on any atom is -0.469 e. The van der Waals surface area contributed by atoms with Crippen molar-refractivity contribution >= 4 is 5.97 Å². The summed E-state index contributed by atoms with van der Waals surface area (Å²) in [6.45, 7) is 2.29. The molecule has 6 heteroatoms. The number of esters is 1. The highest BCUT2D eigenvalue weighted by atomic mass is 19.1. The molecule has 0 unspecified atom stereocenters. The highest BCUT2D eigenvalue weighted by molar-refractivity contribution is 5.69. The molecule has 0 bridgehead atoms. The van der Waals surface area contributed by atoms with Crippen LogP contribution in [0.1, 0.15) is 30.4 Å². The van der Waals surface area contributed by atoms with Crippen LogP contribution in [0.25, 0.3) is 0 Å². The van der Waals surface area contributed by atoms with Gasteiger partial charge < -0.3 is 9.47 Å². The minimum absolute atomic E-state index is 0.253. The molecule has 0 amide bonds. The Morgan fingerprint density at radius 2 is 2.22 bits per heavy atom. The molecule has 0 aliphatic carbocycles. The zero-order valence-corrected chi connectivity index (χ0v) is 13.3. The monoisotopic (exact) mass is 320 g/mol. The summed E-state index contributed by atoms with van der Waals surface area (Å²) in [5.74, 6) is -0.638. The lowest BCUT2D eigenvalue weighted by molar-refractivity contribution is -0.141. The van der Waals surface area contributed by atoms with Crippen molar-refractivity contribution in [3.8, 4) is 6.07 Å². The molecule has 0 N–H and O–H groups in total. The van der Waals surface area contributed by atoms with Crippen molar-refractivity contribution in [1.29, 1.82) is 5.26 Å². The highest BCUT2D eigenvalue weighted by Crippen LogP contribution is 2.20. The maximum atomic E-state index is 13.5. The Morgan fingerprint density at radius 3 is 2.87 bits per heavy atom. The summed E-state index contributed by atoms with van der Waals surface area (Å²) in [6, 6.07) is 6.52. The van der Waals surface area contributed by atoms with Crippen molar-refractivity contribution < 1.29 is 18.7 Å². The quantitative estimate of drug-likeness (QED) is 0.752. The molecule has 0 atom stereocenters. The van der Waals surface area contributed by atoms with Crippen LogP contribution in [0, 0.1) is 17.1 Å². The summed E-state index contributed by atoms with van der Waals surface area (Å²) in [5, 5.41) is 9.20. The van der Waals surface area contributed by atoms with E-state index in [1.807, 2.05) is 0 Å². The van der Waals surface area contributed by atoms with Crippen LogP contribution in [0.15, 0.2) is 18.2 Å². The topological polar surface area (TPSA) is 62.6 Å². The van der Waals surface area contributed by atoms with Gasteiger partial charge in [0.05, 0.1) is 25.2 Å². The van der Waals surface area contributed by atoms with Crippen LogP contribution in [0.5, 0.6) is 0 Å². The van der Waals surface area contributed by atoms with E-state index in [0.717, 1.165) is 12.8 Å². The SMILES string of the molecule is COC(=O)CCN(Cc1cc(F)ccc1C#N)C1CCOCC1. The molecule has 1 fully saturated rings. The fourth-order valence-electron chi connectivity index (χ4n) is 2.80. The lowest BCUT2D eigenvalue weighted by Crippen LogP contribution is -2.40. The Hall–Kier alpha value is -1.97. The van der Waals surface area contributed by atoms with Gasteiger partial charge in [0.1, 0.15) is 5.82 Å². The molecule has 124 valence electrons. The Kier molecular flexibility index (Phi) is 6.51. The van der Waals surface area contributed by atoms with E-state index in [0.29, 0.717) is 37.4 Å². The molecule has 0 spiro atoms. The maximum Gasteiger partial charge on any atom is 0.306 e. The number of benzene rings is 1. The molecular formula is C17H21FN2O3. The first-order valence-electron chi connectivity index (χ1n) is 7.71. The van der Waals surface area contributed by atoms with Crippen LogP contribution in [0.4, 0.5) is 4.39 Å². The second kappa shape index (κ2) is 8.61. The number of carbonyl (C=O) groups is 1. The van der Waals surface area contributed by atoms with Gasteiger partial charge in [0.15, 0.2) is 0 Å². The minimum atomic E-state index is -0.362. The van der Waals surface area contributed by atoms with Gasteiger partial charge in [-0.15, -0.1) is 0 Å². The number of methoxy groups -OCH3 is 1. The van der Waals surface area contributed by atoms with Gasteiger partial charge in [-0.25, -0.2) is 4.39 Å². The van der Waals surface area contributed by atoms with Gasteiger partial charge in [0.2, 0.25) is 0 Å². The zero-order valence-electron chi connectivity index (χ0n) is 13.3.